The van der Waals surface area contributed by atoms with Crippen LogP contribution >= 0.6 is 23.2 Å². The van der Waals surface area contributed by atoms with E-state index in [2.05, 4.69) is 4.74 Å². The summed E-state index contributed by atoms with van der Waals surface area (Å²) in [7, 11) is 0. The molecule has 64 valence electrons. The van der Waals surface area contributed by atoms with Gasteiger partial charge in [0, 0.05) is 5.03 Å². The fraction of sp³-hybridized carbons (Fsp3) is 0.571. The van der Waals surface area contributed by atoms with Crippen molar-refractivity contribution < 1.29 is 9.53 Å². The maximum atomic E-state index is 10.7. The summed E-state index contributed by atoms with van der Waals surface area (Å²) in [6, 6.07) is 0. The van der Waals surface area contributed by atoms with E-state index >= 15 is 0 Å². The van der Waals surface area contributed by atoms with Crippen molar-refractivity contribution in [2.75, 3.05) is 12.5 Å². The molecule has 0 bridgehead atoms. The van der Waals surface area contributed by atoms with E-state index in [4.69, 9.17) is 23.2 Å². The Hall–Kier alpha value is -0.210. The molecule has 0 N–H and O–H groups in total. The van der Waals surface area contributed by atoms with Gasteiger partial charge in [-0.2, -0.15) is 0 Å². The first-order valence-corrected chi connectivity index (χ1v) is 4.18. The third-order valence-corrected chi connectivity index (χ3v) is 1.64. The Labute approximate surface area is 76.1 Å². The summed E-state index contributed by atoms with van der Waals surface area (Å²) in [5.74, 6) is -0.0446. The van der Waals surface area contributed by atoms with Gasteiger partial charge in [-0.25, -0.2) is 0 Å². The minimum atomic E-state index is -0.282. The number of carbonyl (C=O) groups excluding carboxylic acids is 1. The predicted octanol–water partition coefficient (Wildman–Crippen LogP) is 2.30. The Balaban J connectivity index is 3.60. The van der Waals surface area contributed by atoms with Gasteiger partial charge >= 0.3 is 5.97 Å². The van der Waals surface area contributed by atoms with Gasteiger partial charge in [-0.1, -0.05) is 17.7 Å². The molecule has 0 atom stereocenters. The zero-order valence-electron chi connectivity index (χ0n) is 6.27. The summed E-state index contributed by atoms with van der Waals surface area (Å²) in [6.07, 6.45) is 1.74. The largest absolute Gasteiger partial charge is 0.466 e. The zero-order chi connectivity index (χ0) is 8.69. The fourth-order valence-electron chi connectivity index (χ4n) is 0.469. The maximum absolute atomic E-state index is 10.7. The van der Waals surface area contributed by atoms with Crippen LogP contribution in [0.1, 0.15) is 13.3 Å². The number of rotatable bonds is 4. The minimum Gasteiger partial charge on any atom is -0.466 e. The first-order chi connectivity index (χ1) is 5.20. The van der Waals surface area contributed by atoms with Gasteiger partial charge in [0.15, 0.2) is 0 Å². The summed E-state index contributed by atoms with van der Waals surface area (Å²) in [5, 5.41) is 0.472. The summed E-state index contributed by atoms with van der Waals surface area (Å²) in [6.45, 7) is 2.15. The molecule has 0 heterocycles. The lowest BCUT2D eigenvalue weighted by atomic mass is 10.4. The molecule has 11 heavy (non-hydrogen) atoms. The number of hydrogen-bond donors (Lipinski definition) is 0. The van der Waals surface area contributed by atoms with Crippen LogP contribution in [0.3, 0.4) is 0 Å². The lowest BCUT2D eigenvalue weighted by Crippen LogP contribution is -2.01. The summed E-state index contributed by atoms with van der Waals surface area (Å²) < 4.78 is 4.65. The van der Waals surface area contributed by atoms with Crippen molar-refractivity contribution in [3.05, 3.63) is 11.1 Å². The van der Waals surface area contributed by atoms with Crippen molar-refractivity contribution in [2.45, 2.75) is 13.3 Å². The second kappa shape index (κ2) is 6.50. The highest BCUT2D eigenvalue weighted by Crippen LogP contribution is 2.04. The maximum Gasteiger partial charge on any atom is 0.309 e. The monoisotopic (exact) mass is 196 g/mol. The highest BCUT2D eigenvalue weighted by atomic mass is 35.5. The topological polar surface area (TPSA) is 26.3 Å². The standard InChI is InChI=1S/C7H10Cl2O2/c1-2-11-7(10)4-3-6(9)5-8/h3H,2,4-5H2,1H3/b6-3-. The smallest absolute Gasteiger partial charge is 0.309 e. The first kappa shape index (κ1) is 10.8. The van der Waals surface area contributed by atoms with Crippen LogP contribution in [0.15, 0.2) is 11.1 Å². The Bertz CT molecular complexity index is 155. The van der Waals surface area contributed by atoms with Crippen molar-refractivity contribution in [2.24, 2.45) is 0 Å². The molecule has 0 saturated carbocycles. The molecular formula is C7H10Cl2O2. The SMILES string of the molecule is CCOC(=O)C/C=C(\Cl)CCl. The summed E-state index contributed by atoms with van der Waals surface area (Å²) >= 11 is 10.9. The van der Waals surface area contributed by atoms with Crippen LogP contribution < -0.4 is 0 Å². The molecule has 0 aromatic heterocycles. The average molecular weight is 197 g/mol. The second-order valence-electron chi connectivity index (χ2n) is 1.79. The van der Waals surface area contributed by atoms with Crippen molar-refractivity contribution >= 4 is 29.2 Å². The third kappa shape index (κ3) is 6.20. The predicted molar refractivity (Wildman–Crippen MR) is 45.9 cm³/mol. The second-order valence-corrected chi connectivity index (χ2v) is 2.55. The highest BCUT2D eigenvalue weighted by molar-refractivity contribution is 6.35. The van der Waals surface area contributed by atoms with E-state index in [9.17, 15) is 4.79 Å². The van der Waals surface area contributed by atoms with E-state index in [1.165, 1.54) is 0 Å². The molecule has 0 aromatic rings. The quantitative estimate of drug-likeness (QED) is 0.510. The molecule has 0 fully saturated rings. The molecule has 0 amide bonds. The van der Waals surface area contributed by atoms with Gasteiger partial charge in [0.05, 0.1) is 18.9 Å². The Morgan fingerprint density at radius 3 is 2.73 bits per heavy atom. The van der Waals surface area contributed by atoms with E-state index in [1.54, 1.807) is 13.0 Å². The molecule has 0 radical (unpaired) electrons. The Morgan fingerprint density at radius 2 is 2.27 bits per heavy atom. The van der Waals surface area contributed by atoms with Crippen molar-refractivity contribution in [3.63, 3.8) is 0 Å². The molecule has 0 rings (SSSR count). The van der Waals surface area contributed by atoms with E-state index in [0.29, 0.717) is 11.6 Å². The number of ether oxygens (including phenoxy) is 1. The highest BCUT2D eigenvalue weighted by Gasteiger charge is 1.98. The molecule has 0 aliphatic heterocycles. The molecule has 4 heteroatoms. The third-order valence-electron chi connectivity index (χ3n) is 0.923. The number of esters is 1. The van der Waals surface area contributed by atoms with Crippen molar-refractivity contribution in [1.29, 1.82) is 0 Å². The van der Waals surface area contributed by atoms with Gasteiger partial charge < -0.3 is 4.74 Å². The number of carbonyl (C=O) groups is 1. The molecule has 0 unspecified atom stereocenters. The van der Waals surface area contributed by atoms with Crippen LogP contribution in [0.25, 0.3) is 0 Å². The summed E-state index contributed by atoms with van der Waals surface area (Å²) in [5.41, 5.74) is 0. The van der Waals surface area contributed by atoms with Crippen molar-refractivity contribution in [3.8, 4) is 0 Å². The first-order valence-electron chi connectivity index (χ1n) is 3.26. The van der Waals surface area contributed by atoms with Gasteiger partial charge in [-0.3, -0.25) is 4.79 Å². The number of allylic oxidation sites excluding steroid dienone is 1. The van der Waals surface area contributed by atoms with E-state index in [-0.39, 0.29) is 18.3 Å². The van der Waals surface area contributed by atoms with Gasteiger partial charge in [0.25, 0.3) is 0 Å². The molecule has 2 nitrogen and oxygen atoms in total. The van der Waals surface area contributed by atoms with Crippen LogP contribution in [0, 0.1) is 0 Å². The number of alkyl halides is 1. The molecule has 0 spiro atoms. The fourth-order valence-corrected chi connectivity index (χ4v) is 0.655. The van der Waals surface area contributed by atoms with Crippen LogP contribution in [0.5, 0.6) is 0 Å². The van der Waals surface area contributed by atoms with Crippen LogP contribution in [0.4, 0.5) is 0 Å². The van der Waals surface area contributed by atoms with Crippen LogP contribution in [-0.4, -0.2) is 18.5 Å². The molecular weight excluding hydrogens is 187 g/mol. The van der Waals surface area contributed by atoms with Crippen LogP contribution in [0.2, 0.25) is 0 Å². The van der Waals surface area contributed by atoms with E-state index in [1.807, 2.05) is 0 Å². The van der Waals surface area contributed by atoms with Crippen LogP contribution in [-0.2, 0) is 9.53 Å². The molecule has 0 aliphatic rings. The van der Waals surface area contributed by atoms with Gasteiger partial charge in [0.2, 0.25) is 0 Å². The van der Waals surface area contributed by atoms with Gasteiger partial charge in [0.1, 0.15) is 0 Å². The number of hydrogen-bond acceptors (Lipinski definition) is 2. The minimum absolute atomic E-state index is 0.194. The average Bonchev–Trinajstić information content (AvgIpc) is 2.01. The van der Waals surface area contributed by atoms with E-state index < -0.39 is 0 Å². The zero-order valence-corrected chi connectivity index (χ0v) is 7.78. The molecule has 0 aliphatic carbocycles. The lowest BCUT2D eigenvalue weighted by Gasteiger charge is -1.96. The molecule has 0 aromatic carbocycles. The van der Waals surface area contributed by atoms with Crippen molar-refractivity contribution in [1.82, 2.24) is 0 Å². The Morgan fingerprint density at radius 1 is 1.64 bits per heavy atom. The lowest BCUT2D eigenvalue weighted by molar-refractivity contribution is -0.142. The number of halogens is 2. The van der Waals surface area contributed by atoms with Gasteiger partial charge in [-0.05, 0) is 6.92 Å². The normalized spacial score (nSPS) is 11.4. The summed E-state index contributed by atoms with van der Waals surface area (Å²) in [4.78, 5) is 10.7. The molecule has 0 saturated heterocycles. The van der Waals surface area contributed by atoms with E-state index in [0.717, 1.165) is 0 Å². The van der Waals surface area contributed by atoms with Gasteiger partial charge in [-0.15, -0.1) is 11.6 Å². The Kier molecular flexibility index (Phi) is 6.37.